The second-order valence-electron chi connectivity index (χ2n) is 4.43. The third kappa shape index (κ3) is 2.13. The van der Waals surface area contributed by atoms with Crippen LogP contribution >= 0.6 is 0 Å². The van der Waals surface area contributed by atoms with Crippen LogP contribution in [0.1, 0.15) is 27.2 Å². The van der Waals surface area contributed by atoms with Crippen LogP contribution in [0.15, 0.2) is 0 Å². The Morgan fingerprint density at radius 2 is 1.94 bits per heavy atom. The number of aliphatic carboxylic acids is 1. The van der Waals surface area contributed by atoms with E-state index in [2.05, 4.69) is 0 Å². The first kappa shape index (κ1) is 13.1. The molecule has 0 aromatic rings. The molecule has 1 unspecified atom stereocenters. The molecule has 1 fully saturated rings. The minimum atomic E-state index is -1.73. The van der Waals surface area contributed by atoms with E-state index in [-0.39, 0.29) is 0 Å². The molecule has 0 spiro atoms. The van der Waals surface area contributed by atoms with E-state index in [1.165, 1.54) is 6.92 Å². The highest BCUT2D eigenvalue weighted by atomic mass is 16.4. The summed E-state index contributed by atoms with van der Waals surface area (Å²) in [6.45, 7) is 4.43. The smallest absolute Gasteiger partial charge is 0.331 e. The zero-order valence-corrected chi connectivity index (χ0v) is 9.81. The van der Waals surface area contributed by atoms with E-state index in [1.54, 1.807) is 13.8 Å². The standard InChI is InChI=1S/C10H14N2O5/c1-5(2)12-8(16)10(3,4-6(13)14)7(15)11-9(12)17/h5H,4H2,1-3H3,(H,13,14)(H,11,15,17). The van der Waals surface area contributed by atoms with Crippen molar-refractivity contribution < 1.29 is 24.3 Å². The fourth-order valence-corrected chi connectivity index (χ4v) is 1.68. The zero-order chi connectivity index (χ0) is 13.4. The molecule has 7 nitrogen and oxygen atoms in total. The Morgan fingerprint density at radius 1 is 1.41 bits per heavy atom. The van der Waals surface area contributed by atoms with Crippen LogP contribution in [0, 0.1) is 5.41 Å². The van der Waals surface area contributed by atoms with Gasteiger partial charge >= 0.3 is 12.0 Å². The van der Waals surface area contributed by atoms with Crippen molar-refractivity contribution in [2.75, 3.05) is 0 Å². The van der Waals surface area contributed by atoms with E-state index in [0.29, 0.717) is 0 Å². The molecule has 4 amide bonds. The summed E-state index contributed by atoms with van der Waals surface area (Å²) in [7, 11) is 0. The summed E-state index contributed by atoms with van der Waals surface area (Å²) in [5.74, 6) is -2.91. The van der Waals surface area contributed by atoms with E-state index in [9.17, 15) is 19.2 Å². The van der Waals surface area contributed by atoms with Crippen LogP contribution < -0.4 is 5.32 Å². The number of urea groups is 1. The number of rotatable bonds is 3. The summed E-state index contributed by atoms with van der Waals surface area (Å²) in [4.78, 5) is 46.6. The Morgan fingerprint density at radius 3 is 2.35 bits per heavy atom. The second kappa shape index (κ2) is 4.15. The van der Waals surface area contributed by atoms with Crippen LogP contribution in [0.25, 0.3) is 0 Å². The number of imide groups is 2. The molecule has 94 valence electrons. The van der Waals surface area contributed by atoms with E-state index >= 15 is 0 Å². The quantitative estimate of drug-likeness (QED) is 0.675. The third-order valence-electron chi connectivity index (χ3n) is 2.65. The SMILES string of the molecule is CC(C)N1C(=O)NC(=O)C(C)(CC(=O)O)C1=O. The van der Waals surface area contributed by atoms with Gasteiger partial charge in [-0.15, -0.1) is 0 Å². The van der Waals surface area contributed by atoms with E-state index in [4.69, 9.17) is 5.11 Å². The number of carboxylic acid groups (broad SMARTS) is 1. The van der Waals surface area contributed by atoms with Crippen molar-refractivity contribution in [3.63, 3.8) is 0 Å². The van der Waals surface area contributed by atoms with E-state index in [0.717, 1.165) is 4.90 Å². The first-order valence-electron chi connectivity index (χ1n) is 5.11. The molecule has 1 atom stereocenters. The molecule has 0 radical (unpaired) electrons. The van der Waals surface area contributed by atoms with Gasteiger partial charge in [0.05, 0.1) is 6.42 Å². The molecular formula is C10H14N2O5. The van der Waals surface area contributed by atoms with Crippen molar-refractivity contribution in [1.82, 2.24) is 10.2 Å². The lowest BCUT2D eigenvalue weighted by atomic mass is 9.82. The molecule has 1 saturated heterocycles. The average Bonchev–Trinajstić information content (AvgIpc) is 2.13. The van der Waals surface area contributed by atoms with Crippen LogP contribution in [-0.4, -0.2) is 39.9 Å². The molecule has 1 aliphatic heterocycles. The van der Waals surface area contributed by atoms with Crippen molar-refractivity contribution in [2.24, 2.45) is 5.41 Å². The van der Waals surface area contributed by atoms with Gasteiger partial charge in [-0.2, -0.15) is 0 Å². The molecule has 0 aromatic carbocycles. The molecule has 0 saturated carbocycles. The summed E-state index contributed by atoms with van der Waals surface area (Å²) in [6.07, 6.45) is -0.645. The topological polar surface area (TPSA) is 104 Å². The summed E-state index contributed by atoms with van der Waals surface area (Å²) in [6, 6.07) is -1.25. The number of barbiturate groups is 1. The van der Waals surface area contributed by atoms with Crippen molar-refractivity contribution in [3.05, 3.63) is 0 Å². The van der Waals surface area contributed by atoms with Crippen LogP contribution in [0.3, 0.4) is 0 Å². The molecular weight excluding hydrogens is 228 g/mol. The van der Waals surface area contributed by atoms with Crippen LogP contribution in [0.4, 0.5) is 4.79 Å². The predicted octanol–water partition coefficient (Wildman–Crippen LogP) is -0.0458. The predicted molar refractivity (Wildman–Crippen MR) is 55.9 cm³/mol. The van der Waals surface area contributed by atoms with Crippen molar-refractivity contribution in [2.45, 2.75) is 33.2 Å². The van der Waals surface area contributed by atoms with Gasteiger partial charge in [0.25, 0.3) is 0 Å². The minimum Gasteiger partial charge on any atom is -0.481 e. The Kier molecular flexibility index (Phi) is 3.21. The van der Waals surface area contributed by atoms with E-state index in [1.807, 2.05) is 5.32 Å². The summed E-state index contributed by atoms with van der Waals surface area (Å²) in [5, 5.41) is 10.7. The number of amides is 4. The maximum atomic E-state index is 12.0. The first-order chi connectivity index (χ1) is 7.70. The monoisotopic (exact) mass is 242 g/mol. The van der Waals surface area contributed by atoms with Crippen LogP contribution in [0.2, 0.25) is 0 Å². The van der Waals surface area contributed by atoms with Crippen LogP contribution in [0.5, 0.6) is 0 Å². The Balaban J connectivity index is 3.14. The average molecular weight is 242 g/mol. The van der Waals surface area contributed by atoms with Gasteiger partial charge in [0, 0.05) is 6.04 Å². The van der Waals surface area contributed by atoms with Gasteiger partial charge in [-0.1, -0.05) is 0 Å². The van der Waals surface area contributed by atoms with Gasteiger partial charge in [0.2, 0.25) is 11.8 Å². The number of carbonyl (C=O) groups is 4. The van der Waals surface area contributed by atoms with Crippen molar-refractivity contribution in [3.8, 4) is 0 Å². The highest BCUT2D eigenvalue weighted by Gasteiger charge is 2.52. The van der Waals surface area contributed by atoms with Gasteiger partial charge in [-0.05, 0) is 20.8 Å². The molecule has 1 aliphatic rings. The molecule has 2 N–H and O–H groups in total. The summed E-state index contributed by atoms with van der Waals surface area (Å²) < 4.78 is 0. The minimum absolute atomic E-state index is 0.441. The Labute approximate surface area is 97.8 Å². The number of hydrogen-bond acceptors (Lipinski definition) is 4. The Hall–Kier alpha value is -1.92. The maximum Gasteiger partial charge on any atom is 0.331 e. The van der Waals surface area contributed by atoms with Crippen LogP contribution in [-0.2, 0) is 14.4 Å². The highest BCUT2D eigenvalue weighted by Crippen LogP contribution is 2.29. The molecule has 0 aliphatic carbocycles. The molecule has 1 rings (SSSR count). The highest BCUT2D eigenvalue weighted by molar-refractivity contribution is 6.20. The number of nitrogens with zero attached hydrogens (tertiary/aromatic N) is 1. The zero-order valence-electron chi connectivity index (χ0n) is 9.81. The maximum absolute atomic E-state index is 12.0. The Bertz CT molecular complexity index is 404. The van der Waals surface area contributed by atoms with Gasteiger partial charge in [0.15, 0.2) is 0 Å². The number of carboxylic acids is 1. The molecule has 0 aromatic heterocycles. The number of nitrogens with one attached hydrogen (secondary N) is 1. The second-order valence-corrected chi connectivity index (χ2v) is 4.43. The lowest BCUT2D eigenvalue weighted by Crippen LogP contribution is -2.64. The summed E-state index contributed by atoms with van der Waals surface area (Å²) in [5.41, 5.74) is -1.73. The largest absolute Gasteiger partial charge is 0.481 e. The van der Waals surface area contributed by atoms with Crippen molar-refractivity contribution >= 4 is 23.8 Å². The lowest BCUT2D eigenvalue weighted by molar-refractivity contribution is -0.158. The lowest BCUT2D eigenvalue weighted by Gasteiger charge is -2.37. The summed E-state index contributed by atoms with van der Waals surface area (Å²) >= 11 is 0. The van der Waals surface area contributed by atoms with E-state index < -0.39 is 41.7 Å². The molecule has 17 heavy (non-hydrogen) atoms. The first-order valence-corrected chi connectivity index (χ1v) is 5.11. The number of hydrogen-bond donors (Lipinski definition) is 2. The van der Waals surface area contributed by atoms with Gasteiger partial charge < -0.3 is 5.11 Å². The molecule has 1 heterocycles. The fraction of sp³-hybridized carbons (Fsp3) is 0.600. The normalized spacial score (nSPS) is 25.2. The van der Waals surface area contributed by atoms with Gasteiger partial charge in [-0.3, -0.25) is 24.6 Å². The van der Waals surface area contributed by atoms with Gasteiger partial charge in [-0.25, -0.2) is 4.79 Å². The molecule has 0 bridgehead atoms. The van der Waals surface area contributed by atoms with Gasteiger partial charge in [0.1, 0.15) is 5.41 Å². The number of carbonyl (C=O) groups excluding carboxylic acids is 3. The van der Waals surface area contributed by atoms with Crippen molar-refractivity contribution in [1.29, 1.82) is 0 Å². The molecule has 7 heteroatoms. The fourth-order valence-electron chi connectivity index (χ4n) is 1.68. The third-order valence-corrected chi connectivity index (χ3v) is 2.65.